The highest BCUT2D eigenvalue weighted by Crippen LogP contribution is 2.16. The van der Waals surface area contributed by atoms with Crippen molar-refractivity contribution in [3.8, 4) is 0 Å². The van der Waals surface area contributed by atoms with Crippen LogP contribution in [-0.2, 0) is 14.3 Å². The van der Waals surface area contributed by atoms with E-state index in [1.54, 1.807) is 6.08 Å². The fraction of sp³-hybridized carbons (Fsp3) is 0.885. The fourth-order valence-corrected chi connectivity index (χ4v) is 7.73. The molecule has 0 aromatic heterocycles. The van der Waals surface area contributed by atoms with Gasteiger partial charge in [0.25, 0.3) is 0 Å². The van der Waals surface area contributed by atoms with Crippen LogP contribution in [0.2, 0.25) is 0 Å². The molecule has 0 heterocycles. The van der Waals surface area contributed by atoms with Gasteiger partial charge in [0.15, 0.2) is 0 Å². The van der Waals surface area contributed by atoms with Crippen LogP contribution in [0.5, 0.6) is 0 Å². The van der Waals surface area contributed by atoms with Crippen LogP contribution in [-0.4, -0.2) is 47.4 Å². The van der Waals surface area contributed by atoms with Gasteiger partial charge in [0.05, 0.1) is 25.4 Å². The smallest absolute Gasteiger partial charge is 0.305 e. The van der Waals surface area contributed by atoms with E-state index in [9.17, 15) is 19.8 Å². The molecule has 0 saturated heterocycles. The van der Waals surface area contributed by atoms with Gasteiger partial charge in [-0.2, -0.15) is 0 Å². The SMILES string of the molecule is CCCC/C=C\CCCCCCCC(=O)OCCCCCCCCCCCCCCCCCC(=O)NC(CO)C(O)/C=C/CCCCCCCCCCCCCCC. The molecular formula is C52H99NO5. The van der Waals surface area contributed by atoms with Gasteiger partial charge < -0.3 is 20.3 Å². The summed E-state index contributed by atoms with van der Waals surface area (Å²) in [6, 6.07) is -0.633. The molecule has 2 unspecified atom stereocenters. The molecule has 342 valence electrons. The predicted molar refractivity (Wildman–Crippen MR) is 250 cm³/mol. The van der Waals surface area contributed by atoms with E-state index < -0.39 is 12.1 Å². The average molecular weight is 818 g/mol. The Morgan fingerprint density at radius 1 is 0.466 bits per heavy atom. The second-order valence-electron chi connectivity index (χ2n) is 17.5. The zero-order valence-electron chi connectivity index (χ0n) is 38.8. The fourth-order valence-electron chi connectivity index (χ4n) is 7.73. The van der Waals surface area contributed by atoms with E-state index in [-0.39, 0.29) is 18.5 Å². The molecule has 58 heavy (non-hydrogen) atoms. The van der Waals surface area contributed by atoms with Crippen LogP contribution in [0.3, 0.4) is 0 Å². The Morgan fingerprint density at radius 2 is 0.828 bits per heavy atom. The molecule has 6 nitrogen and oxygen atoms in total. The van der Waals surface area contributed by atoms with Gasteiger partial charge in [0.2, 0.25) is 5.91 Å². The first-order valence-corrected chi connectivity index (χ1v) is 25.6. The first-order chi connectivity index (χ1) is 28.5. The highest BCUT2D eigenvalue weighted by atomic mass is 16.5. The summed E-state index contributed by atoms with van der Waals surface area (Å²) in [5.74, 6) is -0.0883. The van der Waals surface area contributed by atoms with Crippen molar-refractivity contribution in [2.24, 2.45) is 0 Å². The van der Waals surface area contributed by atoms with Gasteiger partial charge in [0.1, 0.15) is 0 Å². The van der Waals surface area contributed by atoms with Crippen molar-refractivity contribution >= 4 is 11.9 Å². The molecule has 0 aromatic carbocycles. The molecule has 2 atom stereocenters. The molecule has 0 aliphatic rings. The first kappa shape index (κ1) is 56.3. The van der Waals surface area contributed by atoms with Gasteiger partial charge in [-0.25, -0.2) is 0 Å². The largest absolute Gasteiger partial charge is 0.466 e. The molecule has 3 N–H and O–H groups in total. The molecule has 0 rings (SSSR count). The van der Waals surface area contributed by atoms with Crippen LogP contribution in [0.4, 0.5) is 0 Å². The maximum absolute atomic E-state index is 12.4. The lowest BCUT2D eigenvalue weighted by molar-refractivity contribution is -0.143. The number of nitrogens with one attached hydrogen (secondary N) is 1. The van der Waals surface area contributed by atoms with E-state index >= 15 is 0 Å². The Kier molecular flexibility index (Phi) is 46.6. The molecule has 0 spiro atoms. The molecule has 0 aromatic rings. The summed E-state index contributed by atoms with van der Waals surface area (Å²) in [6.07, 6.45) is 56.0. The number of allylic oxidation sites excluding steroid dienone is 3. The second-order valence-corrected chi connectivity index (χ2v) is 17.5. The number of hydrogen-bond donors (Lipinski definition) is 3. The van der Waals surface area contributed by atoms with E-state index in [1.165, 1.54) is 186 Å². The van der Waals surface area contributed by atoms with E-state index in [4.69, 9.17) is 4.74 Å². The third kappa shape index (κ3) is 43.9. The Balaban J connectivity index is 3.48. The third-order valence-corrected chi connectivity index (χ3v) is 11.7. The molecule has 6 heteroatoms. The Hall–Kier alpha value is -1.66. The lowest BCUT2D eigenvalue weighted by Gasteiger charge is -2.20. The summed E-state index contributed by atoms with van der Waals surface area (Å²) < 4.78 is 5.44. The van der Waals surface area contributed by atoms with Crippen LogP contribution < -0.4 is 5.32 Å². The summed E-state index contributed by atoms with van der Waals surface area (Å²) in [4.78, 5) is 24.4. The normalized spacial score (nSPS) is 12.8. The lowest BCUT2D eigenvalue weighted by Crippen LogP contribution is -2.45. The maximum atomic E-state index is 12.4. The zero-order chi connectivity index (χ0) is 42.3. The number of hydrogen-bond acceptors (Lipinski definition) is 5. The number of carbonyl (C=O) groups excluding carboxylic acids is 2. The summed E-state index contributed by atoms with van der Waals surface area (Å²) in [6.45, 7) is 4.84. The minimum absolute atomic E-state index is 0.0118. The van der Waals surface area contributed by atoms with Crippen molar-refractivity contribution in [2.75, 3.05) is 13.2 Å². The standard InChI is InChI=1S/C52H99NO5/c1-3-5-7-9-11-13-15-16-18-21-25-28-32-36-40-44-50(55)49(48-54)53-51(56)45-41-37-33-29-26-22-19-17-20-23-27-31-35-39-43-47-58-52(57)46-42-38-34-30-24-14-12-10-8-6-4-2/h10,12,40,44,49-50,54-55H,3-9,11,13-39,41-43,45-48H2,1-2H3,(H,53,56)/b12-10-,44-40+. The van der Waals surface area contributed by atoms with Crippen LogP contribution in [0, 0.1) is 0 Å². The van der Waals surface area contributed by atoms with E-state index in [0.717, 1.165) is 57.8 Å². The summed E-state index contributed by atoms with van der Waals surface area (Å²) in [5, 5.41) is 23.1. The Morgan fingerprint density at radius 3 is 1.28 bits per heavy atom. The molecule has 0 radical (unpaired) electrons. The van der Waals surface area contributed by atoms with Gasteiger partial charge in [-0.05, 0) is 51.4 Å². The number of aliphatic hydroxyl groups is 2. The van der Waals surface area contributed by atoms with Crippen molar-refractivity contribution in [3.05, 3.63) is 24.3 Å². The number of rotatable bonds is 47. The van der Waals surface area contributed by atoms with E-state index in [2.05, 4.69) is 31.3 Å². The lowest BCUT2D eigenvalue weighted by atomic mass is 10.0. The van der Waals surface area contributed by atoms with Crippen molar-refractivity contribution in [2.45, 2.75) is 283 Å². The Labute approximate surface area is 361 Å². The van der Waals surface area contributed by atoms with Gasteiger partial charge in [-0.3, -0.25) is 9.59 Å². The van der Waals surface area contributed by atoms with Crippen LogP contribution in [0.15, 0.2) is 24.3 Å². The number of amides is 1. The molecule has 1 amide bonds. The topological polar surface area (TPSA) is 95.9 Å². The first-order valence-electron chi connectivity index (χ1n) is 25.6. The number of unbranched alkanes of at least 4 members (excludes halogenated alkanes) is 34. The molecule has 0 aliphatic carbocycles. The average Bonchev–Trinajstić information content (AvgIpc) is 3.22. The Bertz CT molecular complexity index is 904. The monoisotopic (exact) mass is 818 g/mol. The van der Waals surface area contributed by atoms with Crippen molar-refractivity contribution in [1.82, 2.24) is 5.32 Å². The highest BCUT2D eigenvalue weighted by Gasteiger charge is 2.18. The van der Waals surface area contributed by atoms with E-state index in [0.29, 0.717) is 19.4 Å². The summed E-state index contributed by atoms with van der Waals surface area (Å²) in [7, 11) is 0. The molecule has 0 aliphatic heterocycles. The number of carbonyl (C=O) groups is 2. The zero-order valence-corrected chi connectivity index (χ0v) is 38.8. The molecule has 0 fully saturated rings. The predicted octanol–water partition coefficient (Wildman–Crippen LogP) is 15.1. The van der Waals surface area contributed by atoms with Gasteiger partial charge >= 0.3 is 5.97 Å². The molecular weight excluding hydrogens is 719 g/mol. The van der Waals surface area contributed by atoms with E-state index in [1.807, 2.05) is 6.08 Å². The summed E-state index contributed by atoms with van der Waals surface area (Å²) in [5.41, 5.74) is 0. The second kappa shape index (κ2) is 48.0. The number of esters is 1. The van der Waals surface area contributed by atoms with Gasteiger partial charge in [-0.15, -0.1) is 0 Å². The minimum Gasteiger partial charge on any atom is -0.466 e. The molecule has 0 bridgehead atoms. The molecule has 0 saturated carbocycles. The number of ether oxygens (including phenoxy) is 1. The quantitative estimate of drug-likeness (QED) is 0.0323. The van der Waals surface area contributed by atoms with Crippen molar-refractivity contribution in [3.63, 3.8) is 0 Å². The van der Waals surface area contributed by atoms with Crippen LogP contribution >= 0.6 is 0 Å². The van der Waals surface area contributed by atoms with Crippen LogP contribution in [0.1, 0.15) is 271 Å². The van der Waals surface area contributed by atoms with Crippen molar-refractivity contribution < 1.29 is 24.5 Å². The summed E-state index contributed by atoms with van der Waals surface area (Å²) >= 11 is 0. The highest BCUT2D eigenvalue weighted by molar-refractivity contribution is 5.76. The van der Waals surface area contributed by atoms with Gasteiger partial charge in [0, 0.05) is 12.8 Å². The van der Waals surface area contributed by atoms with Crippen molar-refractivity contribution in [1.29, 1.82) is 0 Å². The van der Waals surface area contributed by atoms with Gasteiger partial charge in [-0.1, -0.05) is 231 Å². The maximum Gasteiger partial charge on any atom is 0.305 e. The minimum atomic E-state index is -0.849. The third-order valence-electron chi connectivity index (χ3n) is 11.7. The van der Waals surface area contributed by atoms with Crippen LogP contribution in [0.25, 0.3) is 0 Å². The number of aliphatic hydroxyl groups excluding tert-OH is 2.